The second kappa shape index (κ2) is 4.88. The number of pyridine rings is 1. The SMILES string of the molecule is Cc1c[nH]c(=O)c(C#CCCBr)c1. The van der Waals surface area contributed by atoms with E-state index in [-0.39, 0.29) is 5.56 Å². The van der Waals surface area contributed by atoms with Crippen molar-refractivity contribution in [2.75, 3.05) is 5.33 Å². The van der Waals surface area contributed by atoms with E-state index in [1.54, 1.807) is 12.3 Å². The highest BCUT2D eigenvalue weighted by Gasteiger charge is 1.93. The van der Waals surface area contributed by atoms with Gasteiger partial charge in [0.05, 0.1) is 5.56 Å². The molecule has 1 aromatic heterocycles. The molecule has 0 aliphatic carbocycles. The minimum atomic E-state index is -0.118. The summed E-state index contributed by atoms with van der Waals surface area (Å²) < 4.78 is 0. The summed E-state index contributed by atoms with van der Waals surface area (Å²) in [6, 6.07) is 1.79. The predicted octanol–water partition coefficient (Wildman–Crippen LogP) is 1.82. The Bertz CT molecular complexity index is 397. The van der Waals surface area contributed by atoms with Gasteiger partial charge in [-0.25, -0.2) is 0 Å². The molecule has 0 saturated heterocycles. The Morgan fingerprint density at radius 2 is 2.38 bits per heavy atom. The molecule has 0 aliphatic heterocycles. The Kier molecular flexibility index (Phi) is 3.78. The van der Waals surface area contributed by atoms with Crippen LogP contribution in [0, 0.1) is 18.8 Å². The topological polar surface area (TPSA) is 32.9 Å². The summed E-state index contributed by atoms with van der Waals surface area (Å²) in [6.07, 6.45) is 2.44. The maximum atomic E-state index is 11.2. The summed E-state index contributed by atoms with van der Waals surface area (Å²) in [4.78, 5) is 13.8. The van der Waals surface area contributed by atoms with Gasteiger partial charge in [-0.3, -0.25) is 4.79 Å². The van der Waals surface area contributed by atoms with Gasteiger partial charge in [-0.2, -0.15) is 0 Å². The molecular weight excluding hydrogens is 230 g/mol. The van der Waals surface area contributed by atoms with Crippen molar-refractivity contribution in [3.8, 4) is 11.8 Å². The summed E-state index contributed by atoms with van der Waals surface area (Å²) >= 11 is 3.27. The molecule has 1 aromatic rings. The van der Waals surface area contributed by atoms with Crippen LogP contribution < -0.4 is 5.56 Å². The Balaban J connectivity index is 2.96. The average molecular weight is 240 g/mol. The van der Waals surface area contributed by atoms with Crippen molar-refractivity contribution >= 4 is 15.9 Å². The second-order valence-electron chi connectivity index (χ2n) is 2.66. The zero-order chi connectivity index (χ0) is 9.68. The third-order valence-corrected chi connectivity index (χ3v) is 1.89. The number of aromatic nitrogens is 1. The van der Waals surface area contributed by atoms with Crippen molar-refractivity contribution in [2.45, 2.75) is 13.3 Å². The average Bonchev–Trinajstić information content (AvgIpc) is 2.11. The number of H-pyrrole nitrogens is 1. The number of aryl methyl sites for hydroxylation is 1. The first kappa shape index (κ1) is 10.1. The van der Waals surface area contributed by atoms with Gasteiger partial charge in [0.15, 0.2) is 0 Å². The van der Waals surface area contributed by atoms with Crippen molar-refractivity contribution in [3.63, 3.8) is 0 Å². The van der Waals surface area contributed by atoms with E-state index in [0.29, 0.717) is 5.56 Å². The van der Waals surface area contributed by atoms with E-state index in [1.165, 1.54) is 0 Å². The van der Waals surface area contributed by atoms with Gasteiger partial charge in [-0.15, -0.1) is 0 Å². The molecule has 0 atom stereocenters. The van der Waals surface area contributed by atoms with E-state index in [1.807, 2.05) is 6.92 Å². The Morgan fingerprint density at radius 3 is 3.08 bits per heavy atom. The lowest BCUT2D eigenvalue weighted by Crippen LogP contribution is -2.08. The van der Waals surface area contributed by atoms with E-state index in [0.717, 1.165) is 17.3 Å². The van der Waals surface area contributed by atoms with Gasteiger partial charge in [-0.1, -0.05) is 27.8 Å². The number of nitrogens with one attached hydrogen (secondary N) is 1. The number of alkyl halides is 1. The van der Waals surface area contributed by atoms with Crippen LogP contribution in [0.4, 0.5) is 0 Å². The van der Waals surface area contributed by atoms with Crippen LogP contribution in [-0.4, -0.2) is 10.3 Å². The van der Waals surface area contributed by atoms with E-state index in [2.05, 4.69) is 32.8 Å². The van der Waals surface area contributed by atoms with E-state index in [4.69, 9.17) is 0 Å². The molecule has 0 spiro atoms. The van der Waals surface area contributed by atoms with Gasteiger partial charge >= 0.3 is 0 Å². The Morgan fingerprint density at radius 1 is 1.62 bits per heavy atom. The van der Waals surface area contributed by atoms with Crippen LogP contribution in [0.2, 0.25) is 0 Å². The third kappa shape index (κ3) is 3.08. The quantitative estimate of drug-likeness (QED) is 0.589. The van der Waals surface area contributed by atoms with Crippen LogP contribution in [0.3, 0.4) is 0 Å². The molecule has 0 aromatic carbocycles. The van der Waals surface area contributed by atoms with Crippen LogP contribution in [0.15, 0.2) is 17.1 Å². The first-order chi connectivity index (χ1) is 6.24. The zero-order valence-electron chi connectivity index (χ0n) is 7.36. The molecule has 0 unspecified atom stereocenters. The minimum Gasteiger partial charge on any atom is -0.328 e. The molecule has 0 saturated carbocycles. The Labute approximate surface area is 85.5 Å². The van der Waals surface area contributed by atoms with Crippen molar-refractivity contribution in [1.82, 2.24) is 4.98 Å². The van der Waals surface area contributed by atoms with Crippen molar-refractivity contribution in [1.29, 1.82) is 0 Å². The molecule has 0 fully saturated rings. The largest absolute Gasteiger partial charge is 0.328 e. The lowest BCUT2D eigenvalue weighted by molar-refractivity contribution is 1.18. The molecule has 2 nitrogen and oxygen atoms in total. The number of hydrogen-bond donors (Lipinski definition) is 1. The number of aromatic amines is 1. The summed E-state index contributed by atoms with van der Waals surface area (Å²) in [7, 11) is 0. The normalized spacial score (nSPS) is 9.08. The minimum absolute atomic E-state index is 0.118. The van der Waals surface area contributed by atoms with Crippen LogP contribution in [0.25, 0.3) is 0 Å². The lowest BCUT2D eigenvalue weighted by Gasteiger charge is -1.91. The highest BCUT2D eigenvalue weighted by Crippen LogP contribution is 1.94. The summed E-state index contributed by atoms with van der Waals surface area (Å²) in [5, 5.41) is 0.837. The van der Waals surface area contributed by atoms with Gasteiger partial charge < -0.3 is 4.98 Å². The number of rotatable bonds is 1. The van der Waals surface area contributed by atoms with Crippen LogP contribution in [-0.2, 0) is 0 Å². The van der Waals surface area contributed by atoms with Gasteiger partial charge in [-0.05, 0) is 18.6 Å². The Hall–Kier alpha value is -1.01. The molecule has 1 N–H and O–H groups in total. The van der Waals surface area contributed by atoms with Gasteiger partial charge in [0.25, 0.3) is 5.56 Å². The summed E-state index contributed by atoms with van der Waals surface area (Å²) in [5.74, 6) is 5.73. The van der Waals surface area contributed by atoms with Crippen LogP contribution >= 0.6 is 15.9 Å². The predicted molar refractivity (Wildman–Crippen MR) is 57.1 cm³/mol. The molecule has 0 bridgehead atoms. The van der Waals surface area contributed by atoms with Gasteiger partial charge in [0.1, 0.15) is 0 Å². The first-order valence-electron chi connectivity index (χ1n) is 3.98. The smallest absolute Gasteiger partial charge is 0.263 e. The number of halogens is 1. The highest BCUT2D eigenvalue weighted by atomic mass is 79.9. The fourth-order valence-electron chi connectivity index (χ4n) is 0.890. The number of hydrogen-bond acceptors (Lipinski definition) is 1. The summed E-state index contributed by atoms with van der Waals surface area (Å²) in [5.41, 5.74) is 1.44. The second-order valence-corrected chi connectivity index (χ2v) is 3.45. The fraction of sp³-hybridized carbons (Fsp3) is 0.300. The monoisotopic (exact) mass is 239 g/mol. The maximum Gasteiger partial charge on any atom is 0.263 e. The van der Waals surface area contributed by atoms with Crippen molar-refractivity contribution in [2.24, 2.45) is 0 Å². The van der Waals surface area contributed by atoms with E-state index in [9.17, 15) is 4.79 Å². The highest BCUT2D eigenvalue weighted by molar-refractivity contribution is 9.09. The van der Waals surface area contributed by atoms with Crippen molar-refractivity contribution in [3.05, 3.63) is 33.7 Å². The maximum absolute atomic E-state index is 11.2. The van der Waals surface area contributed by atoms with Crippen LogP contribution in [0.5, 0.6) is 0 Å². The molecule has 0 aliphatic rings. The molecule has 1 heterocycles. The third-order valence-electron chi connectivity index (χ3n) is 1.49. The standard InChI is InChI=1S/C10H10BrNO/c1-8-6-9(4-2-3-5-11)10(13)12-7-8/h6-7H,3,5H2,1H3,(H,12,13). The molecule has 68 valence electrons. The molecule has 13 heavy (non-hydrogen) atoms. The molecule has 0 amide bonds. The van der Waals surface area contributed by atoms with Gasteiger partial charge in [0.2, 0.25) is 0 Å². The molecular formula is C10H10BrNO. The molecule has 3 heteroatoms. The lowest BCUT2D eigenvalue weighted by atomic mass is 10.2. The molecule has 1 rings (SSSR count). The molecule has 0 radical (unpaired) electrons. The summed E-state index contributed by atoms with van der Waals surface area (Å²) in [6.45, 7) is 1.92. The van der Waals surface area contributed by atoms with E-state index >= 15 is 0 Å². The van der Waals surface area contributed by atoms with Crippen LogP contribution in [0.1, 0.15) is 17.5 Å². The van der Waals surface area contributed by atoms with Gasteiger partial charge in [0, 0.05) is 17.9 Å². The van der Waals surface area contributed by atoms with Crippen molar-refractivity contribution < 1.29 is 0 Å². The van der Waals surface area contributed by atoms with E-state index < -0.39 is 0 Å². The fourth-order valence-corrected chi connectivity index (χ4v) is 1.09. The first-order valence-corrected chi connectivity index (χ1v) is 5.10. The zero-order valence-corrected chi connectivity index (χ0v) is 8.94.